The molecule has 0 spiro atoms. The monoisotopic (exact) mass is 907 g/mol. The Morgan fingerprint density at radius 3 is 0.939 bits per heavy atom. The smallest absolute Gasteiger partial charge is 0.311 e. The quantitative estimate of drug-likeness (QED) is 0.0193. The largest absolute Gasteiger partial charge is 0.419 e. The lowest BCUT2D eigenvalue weighted by Crippen LogP contribution is -2.34. The van der Waals surface area contributed by atoms with Gasteiger partial charge in [-0.1, -0.05) is 206 Å². The van der Waals surface area contributed by atoms with Crippen LogP contribution in [0.4, 0.5) is 0 Å². The summed E-state index contributed by atoms with van der Waals surface area (Å²) in [5.41, 5.74) is 2.05. The van der Waals surface area contributed by atoms with E-state index in [1.807, 2.05) is 24.3 Å². The number of esters is 2. The van der Waals surface area contributed by atoms with E-state index in [0.29, 0.717) is 24.3 Å². The summed E-state index contributed by atoms with van der Waals surface area (Å²) in [5, 5.41) is 2.23. The summed E-state index contributed by atoms with van der Waals surface area (Å²) < 4.78 is 16.6. The highest BCUT2D eigenvalue weighted by Gasteiger charge is 2.19. The highest BCUT2D eigenvalue weighted by atomic mass is 16.5. The van der Waals surface area contributed by atoms with Gasteiger partial charge < -0.3 is 9.47 Å². The van der Waals surface area contributed by atoms with Gasteiger partial charge in [-0.25, -0.2) is 0 Å². The molecule has 4 aromatic rings. The van der Waals surface area contributed by atoms with Crippen LogP contribution in [0.2, 0.25) is 0 Å². The van der Waals surface area contributed by atoms with Crippen molar-refractivity contribution < 1.29 is 28.2 Å². The third kappa shape index (κ3) is 23.3. The molecule has 0 aliphatic heterocycles. The average molecular weight is 907 g/mol. The molecule has 0 aliphatic carbocycles. The summed E-state index contributed by atoms with van der Waals surface area (Å²) in [5.74, 6) is 1.15. The number of hydrogen-bond acceptors (Lipinski definition) is 4. The number of carbonyl (C=O) groups is 2. The number of rotatable bonds is 41. The molecular formula is C60H94N2O4+2. The zero-order chi connectivity index (χ0) is 46.5. The number of unbranched alkanes of at least 4 members (excludes halogenated alkanes) is 31. The van der Waals surface area contributed by atoms with Crippen LogP contribution in [0.1, 0.15) is 245 Å². The standard InChI is InChI=1S/C60H94N2O4/c1-3-5-7-9-11-13-15-17-19-21-25-29-33-47-57(63)65-55-45-37-41-53-43-39-51-61(59(53)55)49-35-31-27-23-24-28-32-36-50-62-52-40-44-54-42-38-46-56(60(54)62)66-58(64)48-34-30-26-22-20-18-16-14-12-10-8-6-4-2/h37-46,51-52H,3-36,47-50H2,1-2H3/q+2. The lowest BCUT2D eigenvalue weighted by molar-refractivity contribution is -0.672. The molecule has 2 aromatic carbocycles. The molecular weight excluding hydrogens is 813 g/mol. The van der Waals surface area contributed by atoms with E-state index >= 15 is 0 Å². The second kappa shape index (κ2) is 36.3. The Morgan fingerprint density at radius 1 is 0.348 bits per heavy atom. The fourth-order valence-corrected chi connectivity index (χ4v) is 9.70. The van der Waals surface area contributed by atoms with Crippen LogP contribution in [0, 0.1) is 0 Å². The van der Waals surface area contributed by atoms with Crippen molar-refractivity contribution in [1.29, 1.82) is 0 Å². The Hall–Kier alpha value is -3.80. The van der Waals surface area contributed by atoms with Gasteiger partial charge in [-0.2, -0.15) is 9.13 Å². The van der Waals surface area contributed by atoms with Crippen LogP contribution in [-0.2, 0) is 22.7 Å². The second-order valence-corrected chi connectivity index (χ2v) is 19.6. The van der Waals surface area contributed by atoms with E-state index in [1.165, 1.54) is 180 Å². The van der Waals surface area contributed by atoms with Crippen molar-refractivity contribution >= 4 is 33.7 Å². The second-order valence-electron chi connectivity index (χ2n) is 19.6. The van der Waals surface area contributed by atoms with Crippen molar-refractivity contribution in [2.45, 2.75) is 258 Å². The maximum Gasteiger partial charge on any atom is 0.311 e. The van der Waals surface area contributed by atoms with Gasteiger partial charge in [0, 0.05) is 37.8 Å². The molecule has 0 aliphatic rings. The van der Waals surface area contributed by atoms with Crippen molar-refractivity contribution in [2.75, 3.05) is 0 Å². The summed E-state index contributed by atoms with van der Waals surface area (Å²) in [6, 6.07) is 20.6. The number of carbonyl (C=O) groups excluding carboxylic acids is 2. The van der Waals surface area contributed by atoms with Gasteiger partial charge >= 0.3 is 11.9 Å². The van der Waals surface area contributed by atoms with Crippen LogP contribution in [0.15, 0.2) is 73.1 Å². The van der Waals surface area contributed by atoms with E-state index in [-0.39, 0.29) is 11.9 Å². The van der Waals surface area contributed by atoms with Crippen molar-refractivity contribution in [3.05, 3.63) is 73.1 Å². The first-order valence-electron chi connectivity index (χ1n) is 27.8. The molecule has 0 unspecified atom stereocenters. The molecule has 0 bridgehead atoms. The molecule has 66 heavy (non-hydrogen) atoms. The molecule has 0 amide bonds. The predicted molar refractivity (Wildman–Crippen MR) is 277 cm³/mol. The summed E-state index contributed by atoms with van der Waals surface area (Å²) in [4.78, 5) is 25.8. The zero-order valence-corrected chi connectivity index (χ0v) is 42.3. The minimum absolute atomic E-state index is 0.113. The average Bonchev–Trinajstić information content (AvgIpc) is 3.32. The third-order valence-electron chi connectivity index (χ3n) is 13.7. The Labute approximate surface area is 403 Å². The highest BCUT2D eigenvalue weighted by molar-refractivity contribution is 5.85. The maximum atomic E-state index is 12.9. The van der Waals surface area contributed by atoms with E-state index in [2.05, 4.69) is 71.8 Å². The Bertz CT molecular complexity index is 1730. The first kappa shape index (κ1) is 54.8. The third-order valence-corrected chi connectivity index (χ3v) is 13.7. The molecule has 4 rings (SSSR count). The van der Waals surface area contributed by atoms with E-state index in [0.717, 1.165) is 73.4 Å². The van der Waals surface area contributed by atoms with Crippen molar-refractivity contribution in [1.82, 2.24) is 0 Å². The van der Waals surface area contributed by atoms with Crippen LogP contribution in [0.25, 0.3) is 21.8 Å². The summed E-state index contributed by atoms with van der Waals surface area (Å²) >= 11 is 0. The van der Waals surface area contributed by atoms with Gasteiger partial charge in [0.1, 0.15) is 13.1 Å². The molecule has 0 fully saturated rings. The number of aryl methyl sites for hydroxylation is 2. The van der Waals surface area contributed by atoms with Gasteiger partial charge in [0.2, 0.25) is 11.5 Å². The van der Waals surface area contributed by atoms with Crippen molar-refractivity contribution in [2.24, 2.45) is 0 Å². The van der Waals surface area contributed by atoms with E-state index in [1.54, 1.807) is 0 Å². The number of pyridine rings is 2. The van der Waals surface area contributed by atoms with Crippen LogP contribution in [0.3, 0.4) is 0 Å². The van der Waals surface area contributed by atoms with Crippen LogP contribution < -0.4 is 18.6 Å². The molecule has 2 heterocycles. The normalized spacial score (nSPS) is 11.5. The van der Waals surface area contributed by atoms with E-state index < -0.39 is 0 Å². The fraction of sp³-hybridized carbons (Fsp3) is 0.667. The van der Waals surface area contributed by atoms with Gasteiger partial charge in [-0.3, -0.25) is 9.59 Å². The highest BCUT2D eigenvalue weighted by Crippen LogP contribution is 2.25. The SMILES string of the molecule is CCCCCCCCCCCCCCCC(=O)Oc1cccc2ccc[n+](CCCCCCCCCC[n+]3cccc4cccc(OC(=O)CCCCCCCCCCCCCCC)c43)c12. The van der Waals surface area contributed by atoms with Gasteiger partial charge in [0.05, 0.1) is 10.8 Å². The number of para-hydroxylation sites is 2. The summed E-state index contributed by atoms with van der Waals surface area (Å²) in [6.07, 6.45) is 48.6. The fourth-order valence-electron chi connectivity index (χ4n) is 9.70. The Morgan fingerprint density at radius 2 is 0.621 bits per heavy atom. The molecule has 0 atom stereocenters. The molecule has 2 aromatic heterocycles. The molecule has 0 N–H and O–H groups in total. The number of fused-ring (bicyclic) bond motifs is 2. The number of ether oxygens (including phenoxy) is 2. The summed E-state index contributed by atoms with van der Waals surface area (Å²) in [7, 11) is 0. The van der Waals surface area contributed by atoms with Crippen molar-refractivity contribution in [3.63, 3.8) is 0 Å². The zero-order valence-electron chi connectivity index (χ0n) is 42.3. The van der Waals surface area contributed by atoms with Gasteiger partial charge in [0.25, 0.3) is 11.0 Å². The molecule has 0 saturated heterocycles. The molecule has 0 radical (unpaired) electrons. The number of nitrogens with zero attached hydrogens (tertiary/aromatic N) is 2. The minimum Gasteiger partial charge on any atom is -0.419 e. The lowest BCUT2D eigenvalue weighted by atomic mass is 10.0. The van der Waals surface area contributed by atoms with Crippen LogP contribution in [-0.4, -0.2) is 11.9 Å². The predicted octanol–water partition coefficient (Wildman–Crippen LogP) is 17.2. The number of aromatic nitrogens is 2. The van der Waals surface area contributed by atoms with Gasteiger partial charge in [-0.15, -0.1) is 0 Å². The molecule has 6 heteroatoms. The molecule has 0 saturated carbocycles. The number of benzene rings is 2. The molecule has 6 nitrogen and oxygen atoms in total. The van der Waals surface area contributed by atoms with E-state index in [9.17, 15) is 9.59 Å². The Kier molecular flexibility index (Phi) is 30.1. The summed E-state index contributed by atoms with van der Waals surface area (Å²) in [6.45, 7) is 6.40. The van der Waals surface area contributed by atoms with Crippen molar-refractivity contribution in [3.8, 4) is 11.5 Å². The van der Waals surface area contributed by atoms with Crippen LogP contribution in [0.5, 0.6) is 11.5 Å². The van der Waals surface area contributed by atoms with E-state index in [4.69, 9.17) is 9.47 Å². The Balaban J connectivity index is 1.05. The lowest BCUT2D eigenvalue weighted by Gasteiger charge is -2.08. The first-order chi connectivity index (χ1) is 32.6. The maximum absolute atomic E-state index is 12.9. The number of hydrogen-bond donors (Lipinski definition) is 0. The molecule has 366 valence electrons. The minimum atomic E-state index is -0.113. The first-order valence-corrected chi connectivity index (χ1v) is 27.8. The van der Waals surface area contributed by atoms with Gasteiger partial charge in [0.15, 0.2) is 12.4 Å². The van der Waals surface area contributed by atoms with Gasteiger partial charge in [-0.05, 0) is 62.1 Å². The topological polar surface area (TPSA) is 60.4 Å². The van der Waals surface area contributed by atoms with Crippen LogP contribution >= 0.6 is 0 Å².